The molecule has 0 bridgehead atoms. The van der Waals surface area contributed by atoms with Crippen LogP contribution in [0.2, 0.25) is 0 Å². The maximum Gasteiger partial charge on any atom is 0.417 e. The van der Waals surface area contributed by atoms with E-state index in [2.05, 4.69) is 6.58 Å². The number of benzene rings is 3. The number of carbonyl (C=O) groups excluding carboxylic acids is 4. The molecule has 0 N–H and O–H groups in total. The Morgan fingerprint density at radius 3 is 1.55 bits per heavy atom. The molecule has 2 aliphatic rings. The fourth-order valence-corrected chi connectivity index (χ4v) is 5.71. The van der Waals surface area contributed by atoms with Gasteiger partial charge in [-0.25, -0.2) is 19.4 Å². The summed E-state index contributed by atoms with van der Waals surface area (Å²) in [7, 11) is 0. The molecule has 5 rings (SSSR count). The minimum atomic E-state index is -0.757. The van der Waals surface area contributed by atoms with Crippen LogP contribution in [0.4, 0.5) is 9.59 Å². The second-order valence-electron chi connectivity index (χ2n) is 11.1. The van der Waals surface area contributed by atoms with Crippen molar-refractivity contribution in [3.63, 3.8) is 0 Å². The van der Waals surface area contributed by atoms with Gasteiger partial charge < -0.3 is 9.47 Å². The number of imide groups is 2. The fourth-order valence-electron chi connectivity index (χ4n) is 5.71. The third-order valence-electron chi connectivity index (χ3n) is 7.95. The molecule has 2 heterocycles. The smallest absolute Gasteiger partial charge is 0.417 e. The molecule has 44 heavy (non-hydrogen) atoms. The van der Waals surface area contributed by atoms with Crippen LogP contribution < -0.4 is 0 Å². The number of cyclic esters (lactones) is 2. The van der Waals surface area contributed by atoms with Gasteiger partial charge in [-0.15, -0.1) is 6.58 Å². The van der Waals surface area contributed by atoms with E-state index in [0.29, 0.717) is 19.3 Å². The molecule has 4 amide bonds. The molecule has 8 nitrogen and oxygen atoms in total. The third kappa shape index (κ3) is 7.32. The Bertz CT molecular complexity index is 1490. The highest BCUT2D eigenvalue weighted by Crippen LogP contribution is 2.26. The largest absolute Gasteiger partial charge is 0.447 e. The van der Waals surface area contributed by atoms with Crippen molar-refractivity contribution in [1.82, 2.24) is 9.80 Å². The monoisotopic (exact) mass is 592 g/mol. The number of carbonyl (C=O) groups is 4. The van der Waals surface area contributed by atoms with E-state index in [1.165, 1.54) is 9.80 Å². The predicted molar refractivity (Wildman–Crippen MR) is 165 cm³/mol. The van der Waals surface area contributed by atoms with E-state index in [9.17, 15) is 19.2 Å². The van der Waals surface area contributed by atoms with Crippen molar-refractivity contribution in [2.45, 2.75) is 37.8 Å². The van der Waals surface area contributed by atoms with Crippen molar-refractivity contribution in [3.05, 3.63) is 132 Å². The first kappa shape index (κ1) is 30.5. The summed E-state index contributed by atoms with van der Waals surface area (Å²) >= 11 is 0. The van der Waals surface area contributed by atoms with E-state index in [1.54, 1.807) is 18.2 Å². The molecule has 2 unspecified atom stereocenters. The van der Waals surface area contributed by atoms with Crippen LogP contribution in [-0.4, -0.2) is 59.1 Å². The zero-order valence-electron chi connectivity index (χ0n) is 24.5. The second-order valence-corrected chi connectivity index (χ2v) is 11.1. The van der Waals surface area contributed by atoms with Gasteiger partial charge in [0.25, 0.3) is 0 Å². The number of rotatable bonds is 12. The number of ether oxygens (including phenoxy) is 2. The normalized spacial score (nSPS) is 19.5. The molecular formula is C36H36N2O6. The molecule has 3 aromatic carbocycles. The predicted octanol–water partition coefficient (Wildman–Crippen LogP) is 5.77. The van der Waals surface area contributed by atoms with Gasteiger partial charge in [0.1, 0.15) is 13.2 Å². The van der Waals surface area contributed by atoms with Gasteiger partial charge >= 0.3 is 12.2 Å². The van der Waals surface area contributed by atoms with Crippen LogP contribution in [0.15, 0.2) is 116 Å². The lowest BCUT2D eigenvalue weighted by molar-refractivity contribution is -0.133. The first-order valence-corrected chi connectivity index (χ1v) is 14.8. The van der Waals surface area contributed by atoms with Crippen molar-refractivity contribution in [3.8, 4) is 0 Å². The summed E-state index contributed by atoms with van der Waals surface area (Å²) in [6, 6.07) is 27.9. The number of amides is 4. The standard InChI is InChI=1S/C36H36N2O6/c1-2-12-29(33(39)37-31(24-43-35(37)41)22-27-15-8-4-9-16-27)19-20-30(21-26-13-6-3-7-14-26)34(40)38-32(25-44-36(38)42)23-28-17-10-5-11-18-28/h2-11,13-20,29-32H,1,12,21-25H2/t29-,30+,31?,32?/m0/s1. The number of hydrogen-bond acceptors (Lipinski definition) is 6. The van der Waals surface area contributed by atoms with Gasteiger partial charge in [-0.3, -0.25) is 9.59 Å². The highest BCUT2D eigenvalue weighted by molar-refractivity contribution is 5.97. The Morgan fingerprint density at radius 1 is 0.682 bits per heavy atom. The van der Waals surface area contributed by atoms with Crippen LogP contribution in [0, 0.1) is 11.8 Å². The first-order chi connectivity index (χ1) is 21.4. The van der Waals surface area contributed by atoms with E-state index in [1.807, 2.05) is 91.0 Å². The van der Waals surface area contributed by atoms with Crippen molar-refractivity contribution in [2.24, 2.45) is 11.8 Å². The van der Waals surface area contributed by atoms with Gasteiger partial charge in [0, 0.05) is 0 Å². The van der Waals surface area contributed by atoms with E-state index in [4.69, 9.17) is 9.47 Å². The summed E-state index contributed by atoms with van der Waals surface area (Å²) < 4.78 is 10.6. The van der Waals surface area contributed by atoms with Crippen molar-refractivity contribution in [1.29, 1.82) is 0 Å². The molecule has 8 heteroatoms. The van der Waals surface area contributed by atoms with Gasteiger partial charge in [-0.2, -0.15) is 0 Å². The van der Waals surface area contributed by atoms with Crippen molar-refractivity contribution >= 4 is 24.0 Å². The van der Waals surface area contributed by atoms with Crippen molar-refractivity contribution < 1.29 is 28.7 Å². The third-order valence-corrected chi connectivity index (χ3v) is 7.95. The van der Waals surface area contributed by atoms with Crippen LogP contribution in [0.5, 0.6) is 0 Å². The van der Waals surface area contributed by atoms with Crippen LogP contribution >= 0.6 is 0 Å². The Kier molecular flexibility index (Phi) is 10.0. The summed E-state index contributed by atoms with van der Waals surface area (Å²) in [6.45, 7) is 4.03. The highest BCUT2D eigenvalue weighted by atomic mass is 16.6. The zero-order valence-corrected chi connectivity index (χ0v) is 24.5. The zero-order chi connectivity index (χ0) is 30.9. The molecule has 2 fully saturated rings. The van der Waals surface area contributed by atoms with E-state index < -0.39 is 47.9 Å². The quantitative estimate of drug-likeness (QED) is 0.248. The van der Waals surface area contributed by atoms with Gasteiger partial charge in [-0.05, 0) is 42.4 Å². The number of nitrogens with zero attached hydrogens (tertiary/aromatic N) is 2. The molecule has 0 radical (unpaired) electrons. The Balaban J connectivity index is 1.39. The SMILES string of the molecule is C=CC[C@@H](C=C[C@H](Cc1ccccc1)C(=O)N1C(=O)OCC1Cc1ccccc1)C(=O)N1C(=O)OCC1Cc1ccccc1. The van der Waals surface area contributed by atoms with Crippen LogP contribution in [0.1, 0.15) is 23.1 Å². The van der Waals surface area contributed by atoms with E-state index >= 15 is 0 Å². The fraction of sp³-hybridized carbons (Fsp3) is 0.278. The molecule has 226 valence electrons. The molecule has 0 spiro atoms. The highest BCUT2D eigenvalue weighted by Gasteiger charge is 2.42. The molecule has 4 atom stereocenters. The minimum absolute atomic E-state index is 0.110. The molecule has 2 aliphatic heterocycles. The lowest BCUT2D eigenvalue weighted by Gasteiger charge is -2.25. The molecule has 0 aliphatic carbocycles. The lowest BCUT2D eigenvalue weighted by Crippen LogP contribution is -2.44. The second kappa shape index (κ2) is 14.5. The summed E-state index contributed by atoms with van der Waals surface area (Å²) in [6.07, 6.45) is 5.11. The van der Waals surface area contributed by atoms with Gasteiger partial charge in [0.05, 0.1) is 23.9 Å². The number of allylic oxidation sites excluding steroid dienone is 1. The van der Waals surface area contributed by atoms with Gasteiger partial charge in [-0.1, -0.05) is 109 Å². The van der Waals surface area contributed by atoms with E-state index in [0.717, 1.165) is 16.7 Å². The maximum absolute atomic E-state index is 14.0. The molecule has 0 saturated carbocycles. The topological polar surface area (TPSA) is 93.2 Å². The van der Waals surface area contributed by atoms with Crippen LogP contribution in [-0.2, 0) is 38.3 Å². The average molecular weight is 593 g/mol. The molecular weight excluding hydrogens is 556 g/mol. The Morgan fingerprint density at radius 2 is 1.09 bits per heavy atom. The molecule has 0 aromatic heterocycles. The lowest BCUT2D eigenvalue weighted by atomic mass is 9.93. The van der Waals surface area contributed by atoms with Gasteiger partial charge in [0.15, 0.2) is 0 Å². The van der Waals surface area contributed by atoms with Gasteiger partial charge in [0.2, 0.25) is 11.8 Å². The summed E-state index contributed by atoms with van der Waals surface area (Å²) in [5, 5.41) is 0. The van der Waals surface area contributed by atoms with Crippen molar-refractivity contribution in [2.75, 3.05) is 13.2 Å². The Labute approximate surface area is 257 Å². The molecule has 2 saturated heterocycles. The summed E-state index contributed by atoms with van der Waals surface area (Å²) in [5.74, 6) is -2.33. The first-order valence-electron chi connectivity index (χ1n) is 14.8. The maximum atomic E-state index is 14.0. The summed E-state index contributed by atoms with van der Waals surface area (Å²) in [4.78, 5) is 55.8. The number of hydrogen-bond donors (Lipinski definition) is 0. The van der Waals surface area contributed by atoms with Crippen LogP contribution in [0.3, 0.4) is 0 Å². The Hall–Kier alpha value is -4.98. The van der Waals surface area contributed by atoms with E-state index in [-0.39, 0.29) is 19.6 Å². The minimum Gasteiger partial charge on any atom is -0.447 e. The summed E-state index contributed by atoms with van der Waals surface area (Å²) in [5.41, 5.74) is 2.88. The average Bonchev–Trinajstić information content (AvgIpc) is 3.60. The molecule has 3 aromatic rings. The van der Waals surface area contributed by atoms with Crippen LogP contribution in [0.25, 0.3) is 0 Å².